The average molecular weight is 375 g/mol. The van der Waals surface area contributed by atoms with E-state index >= 15 is 0 Å². The maximum absolute atomic E-state index is 13.0. The van der Waals surface area contributed by atoms with E-state index in [0.717, 1.165) is 35.6 Å². The van der Waals surface area contributed by atoms with E-state index in [4.69, 9.17) is 4.98 Å². The van der Waals surface area contributed by atoms with E-state index in [-0.39, 0.29) is 6.03 Å². The molecular weight excluding hydrogens is 354 g/mol. The maximum atomic E-state index is 13.0. The second kappa shape index (κ2) is 7.59. The number of nitrogens with zero attached hydrogens (tertiary/aromatic N) is 6. The van der Waals surface area contributed by atoms with Crippen LogP contribution in [0.15, 0.2) is 49.1 Å². The molecule has 0 fully saturated rings. The van der Waals surface area contributed by atoms with Gasteiger partial charge in [-0.05, 0) is 43.7 Å². The topological polar surface area (TPSA) is 87.1 Å². The lowest BCUT2D eigenvalue weighted by Crippen LogP contribution is -2.36. The zero-order chi connectivity index (χ0) is 19.5. The van der Waals surface area contributed by atoms with Crippen molar-refractivity contribution < 1.29 is 4.79 Å². The monoisotopic (exact) mass is 375 g/mol. The minimum absolute atomic E-state index is 0.259. The highest BCUT2D eigenvalue weighted by Crippen LogP contribution is 2.33. The number of aryl methyl sites for hydroxylation is 1. The summed E-state index contributed by atoms with van der Waals surface area (Å²) in [6.07, 6.45) is 5.61. The quantitative estimate of drug-likeness (QED) is 0.740. The van der Waals surface area contributed by atoms with E-state index < -0.39 is 0 Å². The van der Waals surface area contributed by atoms with Crippen LogP contribution in [0.1, 0.15) is 12.1 Å². The van der Waals surface area contributed by atoms with Crippen molar-refractivity contribution >= 4 is 23.4 Å². The smallest absolute Gasteiger partial charge is 0.328 e. The van der Waals surface area contributed by atoms with Crippen LogP contribution < -0.4 is 15.1 Å². The predicted molar refractivity (Wildman–Crippen MR) is 108 cm³/mol. The van der Waals surface area contributed by atoms with Crippen molar-refractivity contribution in [3.8, 4) is 11.3 Å². The van der Waals surface area contributed by atoms with Gasteiger partial charge in [-0.15, -0.1) is 0 Å². The highest BCUT2D eigenvalue weighted by Gasteiger charge is 2.26. The van der Waals surface area contributed by atoms with Gasteiger partial charge in [-0.1, -0.05) is 0 Å². The van der Waals surface area contributed by atoms with Crippen LogP contribution in [0.2, 0.25) is 0 Å². The molecule has 0 bridgehead atoms. The van der Waals surface area contributed by atoms with Gasteiger partial charge in [-0.25, -0.2) is 19.7 Å². The summed E-state index contributed by atoms with van der Waals surface area (Å²) >= 11 is 0. The van der Waals surface area contributed by atoms with Crippen LogP contribution in [-0.2, 0) is 0 Å². The number of fused-ring (bicyclic) bond motifs is 1. The second-order valence-electron chi connectivity index (χ2n) is 6.68. The van der Waals surface area contributed by atoms with Crippen molar-refractivity contribution in [2.45, 2.75) is 13.3 Å². The zero-order valence-corrected chi connectivity index (χ0v) is 15.8. The molecule has 0 aliphatic carbocycles. The Morgan fingerprint density at radius 2 is 2.00 bits per heavy atom. The third-order valence-corrected chi connectivity index (χ3v) is 4.65. The lowest BCUT2D eigenvalue weighted by atomic mass is 10.1. The largest absolute Gasteiger partial charge is 0.372 e. The number of hydrogen-bond donors (Lipinski definition) is 1. The molecule has 28 heavy (non-hydrogen) atoms. The van der Waals surface area contributed by atoms with Crippen LogP contribution in [0.25, 0.3) is 11.3 Å². The van der Waals surface area contributed by atoms with Crippen LogP contribution >= 0.6 is 0 Å². The van der Waals surface area contributed by atoms with Crippen LogP contribution in [0, 0.1) is 6.92 Å². The fourth-order valence-corrected chi connectivity index (χ4v) is 3.24. The first-order chi connectivity index (χ1) is 13.6. The zero-order valence-electron chi connectivity index (χ0n) is 15.8. The summed E-state index contributed by atoms with van der Waals surface area (Å²) in [6.45, 7) is 3.36. The SMILES string of the molecule is Cc1cc(-c2ccc3c(n2)N(C(=O)Nc2ccncn2)CCCN3C)ccn1. The van der Waals surface area contributed by atoms with Gasteiger partial charge in [0.25, 0.3) is 0 Å². The molecule has 0 aromatic carbocycles. The summed E-state index contributed by atoms with van der Waals surface area (Å²) in [7, 11) is 2.02. The molecule has 0 radical (unpaired) electrons. The van der Waals surface area contributed by atoms with E-state index in [0.29, 0.717) is 18.2 Å². The second-order valence-corrected chi connectivity index (χ2v) is 6.68. The van der Waals surface area contributed by atoms with Crippen LogP contribution in [0.3, 0.4) is 0 Å². The Morgan fingerprint density at radius 1 is 1.11 bits per heavy atom. The number of nitrogens with one attached hydrogen (secondary N) is 1. The molecule has 1 N–H and O–H groups in total. The van der Waals surface area contributed by atoms with E-state index in [1.165, 1.54) is 6.33 Å². The summed E-state index contributed by atoms with van der Waals surface area (Å²) in [5.74, 6) is 1.10. The fourth-order valence-electron chi connectivity index (χ4n) is 3.24. The molecule has 8 heteroatoms. The summed E-state index contributed by atoms with van der Waals surface area (Å²) in [6, 6.07) is 9.31. The van der Waals surface area contributed by atoms with Gasteiger partial charge < -0.3 is 4.90 Å². The molecule has 8 nitrogen and oxygen atoms in total. The van der Waals surface area contributed by atoms with Crippen LogP contribution in [0.4, 0.5) is 22.1 Å². The number of carbonyl (C=O) groups is 1. The Balaban J connectivity index is 1.72. The number of pyridine rings is 2. The molecule has 142 valence electrons. The minimum atomic E-state index is -0.259. The van der Waals surface area contributed by atoms with E-state index in [2.05, 4.69) is 25.2 Å². The molecule has 3 aromatic heterocycles. The summed E-state index contributed by atoms with van der Waals surface area (Å²) in [4.78, 5) is 33.8. The first-order valence-electron chi connectivity index (χ1n) is 9.11. The van der Waals surface area contributed by atoms with Crippen molar-refractivity contribution in [3.63, 3.8) is 0 Å². The van der Waals surface area contributed by atoms with Crippen molar-refractivity contribution in [2.75, 3.05) is 35.3 Å². The van der Waals surface area contributed by atoms with Crippen LogP contribution in [-0.4, -0.2) is 46.1 Å². The molecule has 0 atom stereocenters. The van der Waals surface area contributed by atoms with Gasteiger partial charge >= 0.3 is 6.03 Å². The number of aromatic nitrogens is 4. The predicted octanol–water partition coefficient (Wildman–Crippen LogP) is 3.12. The first kappa shape index (κ1) is 17.8. The fraction of sp³-hybridized carbons (Fsp3) is 0.250. The number of amides is 2. The number of carbonyl (C=O) groups excluding carboxylic acids is 1. The Labute approximate surface area is 163 Å². The van der Waals surface area contributed by atoms with Crippen molar-refractivity contribution in [3.05, 3.63) is 54.7 Å². The lowest BCUT2D eigenvalue weighted by molar-refractivity contribution is 0.256. The van der Waals surface area contributed by atoms with Crippen LogP contribution in [0.5, 0.6) is 0 Å². The standard InChI is InChI=1S/C20H21N7O/c1-14-12-15(6-9-22-14)16-4-5-17-19(24-16)27(11-3-10-26(17)2)20(28)25-18-7-8-21-13-23-18/h4-9,12-13H,3,10-11H2,1-2H3,(H,21,23,25,28). The third-order valence-electron chi connectivity index (χ3n) is 4.65. The molecule has 3 aromatic rings. The highest BCUT2D eigenvalue weighted by atomic mass is 16.2. The van der Waals surface area contributed by atoms with Crippen molar-refractivity contribution in [1.29, 1.82) is 0 Å². The molecule has 1 aliphatic heterocycles. The average Bonchev–Trinajstić information content (AvgIpc) is 2.87. The number of hydrogen-bond acceptors (Lipinski definition) is 6. The van der Waals surface area contributed by atoms with Gasteiger partial charge in [0.2, 0.25) is 0 Å². The van der Waals surface area contributed by atoms with Gasteiger partial charge in [0.1, 0.15) is 12.1 Å². The highest BCUT2D eigenvalue weighted by molar-refractivity contribution is 6.02. The molecule has 2 amide bonds. The third kappa shape index (κ3) is 3.62. The van der Waals surface area contributed by atoms with E-state index in [1.807, 2.05) is 38.2 Å². The molecule has 1 aliphatic rings. The minimum Gasteiger partial charge on any atom is -0.372 e. The molecule has 0 spiro atoms. The molecule has 0 saturated carbocycles. The maximum Gasteiger partial charge on any atom is 0.328 e. The molecule has 0 unspecified atom stereocenters. The van der Waals surface area contributed by atoms with Gasteiger partial charge in [0, 0.05) is 43.8 Å². The van der Waals surface area contributed by atoms with Gasteiger partial charge in [0.05, 0.1) is 11.4 Å². The summed E-state index contributed by atoms with van der Waals surface area (Å²) in [5, 5.41) is 2.83. The van der Waals surface area contributed by atoms with E-state index in [1.54, 1.807) is 23.4 Å². The van der Waals surface area contributed by atoms with E-state index in [9.17, 15) is 4.79 Å². The number of urea groups is 1. The normalized spacial score (nSPS) is 13.6. The number of rotatable bonds is 2. The summed E-state index contributed by atoms with van der Waals surface area (Å²) < 4.78 is 0. The number of anilines is 3. The molecule has 4 rings (SSSR count). The first-order valence-corrected chi connectivity index (χ1v) is 9.11. The van der Waals surface area contributed by atoms with Gasteiger partial charge in [-0.2, -0.15) is 0 Å². The Kier molecular flexibility index (Phi) is 4.84. The summed E-state index contributed by atoms with van der Waals surface area (Å²) in [5.41, 5.74) is 3.62. The van der Waals surface area contributed by atoms with Gasteiger partial charge in [-0.3, -0.25) is 15.2 Å². The molecule has 4 heterocycles. The Bertz CT molecular complexity index is 993. The molecular formula is C20H21N7O. The van der Waals surface area contributed by atoms with Gasteiger partial charge in [0.15, 0.2) is 5.82 Å². The Hall–Kier alpha value is -3.55. The lowest BCUT2D eigenvalue weighted by Gasteiger charge is -2.24. The van der Waals surface area contributed by atoms with Crippen molar-refractivity contribution in [1.82, 2.24) is 19.9 Å². The molecule has 0 saturated heterocycles. The van der Waals surface area contributed by atoms with Crippen molar-refractivity contribution in [2.24, 2.45) is 0 Å². The Morgan fingerprint density at radius 3 is 2.79 bits per heavy atom.